The Morgan fingerprint density at radius 2 is 2.24 bits per heavy atom. The SMILES string of the molecule is CCCOCCSc1nnnn1CCNCC. The Bertz CT molecular complexity index is 294. The van der Waals surface area contributed by atoms with Crippen LogP contribution in [0.5, 0.6) is 0 Å². The van der Waals surface area contributed by atoms with Gasteiger partial charge < -0.3 is 10.1 Å². The van der Waals surface area contributed by atoms with E-state index < -0.39 is 0 Å². The molecule has 1 heterocycles. The van der Waals surface area contributed by atoms with Crippen LogP contribution in [0.4, 0.5) is 0 Å². The maximum atomic E-state index is 5.41. The monoisotopic (exact) mass is 259 g/mol. The van der Waals surface area contributed by atoms with Crippen LogP contribution in [0.1, 0.15) is 20.3 Å². The first-order valence-electron chi connectivity index (χ1n) is 6.05. The minimum atomic E-state index is 0.749. The highest BCUT2D eigenvalue weighted by atomic mass is 32.2. The summed E-state index contributed by atoms with van der Waals surface area (Å²) >= 11 is 1.64. The van der Waals surface area contributed by atoms with E-state index in [1.807, 2.05) is 4.68 Å². The number of nitrogens with zero attached hydrogens (tertiary/aromatic N) is 4. The molecule has 0 aliphatic rings. The predicted octanol–water partition coefficient (Wildman–Crippen LogP) is 0.801. The molecule has 98 valence electrons. The highest BCUT2D eigenvalue weighted by Gasteiger charge is 2.05. The fraction of sp³-hybridized carbons (Fsp3) is 0.900. The molecule has 0 amide bonds. The van der Waals surface area contributed by atoms with E-state index in [-0.39, 0.29) is 0 Å². The number of tetrazole rings is 1. The second kappa shape index (κ2) is 9.38. The standard InChI is InChI=1S/C10H21N5OS/c1-3-7-16-8-9-17-10-12-13-14-15(10)6-5-11-4-2/h11H,3-9H2,1-2H3. The van der Waals surface area contributed by atoms with Gasteiger partial charge in [-0.05, 0) is 23.4 Å². The van der Waals surface area contributed by atoms with Crippen molar-refractivity contribution >= 4 is 11.8 Å². The maximum Gasteiger partial charge on any atom is 0.209 e. The Hall–Kier alpha value is -0.660. The van der Waals surface area contributed by atoms with Gasteiger partial charge in [-0.2, -0.15) is 0 Å². The molecule has 0 spiro atoms. The molecule has 0 fully saturated rings. The van der Waals surface area contributed by atoms with Gasteiger partial charge in [0.1, 0.15) is 0 Å². The van der Waals surface area contributed by atoms with Crippen LogP contribution in [0.3, 0.4) is 0 Å². The van der Waals surface area contributed by atoms with Gasteiger partial charge in [0.25, 0.3) is 0 Å². The van der Waals surface area contributed by atoms with Crippen LogP contribution < -0.4 is 5.32 Å². The van der Waals surface area contributed by atoms with Crippen LogP contribution >= 0.6 is 11.8 Å². The van der Waals surface area contributed by atoms with Crippen LogP contribution in [0, 0.1) is 0 Å². The van der Waals surface area contributed by atoms with E-state index in [1.165, 1.54) is 0 Å². The first-order chi connectivity index (χ1) is 8.38. The number of rotatable bonds is 10. The van der Waals surface area contributed by atoms with Crippen LogP contribution in [-0.2, 0) is 11.3 Å². The average molecular weight is 259 g/mol. The van der Waals surface area contributed by atoms with Gasteiger partial charge in [-0.25, -0.2) is 4.68 Å². The Morgan fingerprint density at radius 1 is 1.35 bits per heavy atom. The van der Waals surface area contributed by atoms with E-state index >= 15 is 0 Å². The van der Waals surface area contributed by atoms with Gasteiger partial charge in [0.2, 0.25) is 5.16 Å². The van der Waals surface area contributed by atoms with Gasteiger partial charge in [-0.15, -0.1) is 5.10 Å². The van der Waals surface area contributed by atoms with Crippen LogP contribution in [0.15, 0.2) is 5.16 Å². The molecule has 7 heteroatoms. The number of ether oxygens (including phenoxy) is 1. The summed E-state index contributed by atoms with van der Waals surface area (Å²) in [7, 11) is 0. The lowest BCUT2D eigenvalue weighted by Gasteiger charge is -2.05. The van der Waals surface area contributed by atoms with Crippen molar-refractivity contribution in [3.05, 3.63) is 0 Å². The van der Waals surface area contributed by atoms with Gasteiger partial charge >= 0.3 is 0 Å². The molecular formula is C10H21N5OS. The van der Waals surface area contributed by atoms with Gasteiger partial charge in [-0.1, -0.05) is 25.6 Å². The smallest absolute Gasteiger partial charge is 0.209 e. The first-order valence-corrected chi connectivity index (χ1v) is 7.04. The fourth-order valence-corrected chi connectivity index (χ4v) is 2.00. The lowest BCUT2D eigenvalue weighted by Crippen LogP contribution is -2.20. The van der Waals surface area contributed by atoms with E-state index in [2.05, 4.69) is 34.7 Å². The van der Waals surface area contributed by atoms with Gasteiger partial charge in [0, 0.05) is 18.9 Å². The number of likely N-dealkylation sites (N-methyl/N-ethyl adjacent to an activating group) is 1. The highest BCUT2D eigenvalue weighted by Crippen LogP contribution is 2.12. The molecule has 0 aliphatic heterocycles. The van der Waals surface area contributed by atoms with Gasteiger partial charge in [0.15, 0.2) is 0 Å². The molecule has 0 bridgehead atoms. The second-order valence-corrected chi connectivity index (χ2v) is 4.56. The summed E-state index contributed by atoms with van der Waals surface area (Å²) in [6, 6.07) is 0. The molecule has 0 atom stereocenters. The third-order valence-electron chi connectivity index (χ3n) is 2.06. The zero-order chi connectivity index (χ0) is 12.3. The molecule has 1 aromatic heterocycles. The Balaban J connectivity index is 2.20. The Morgan fingerprint density at radius 3 is 3.00 bits per heavy atom. The van der Waals surface area contributed by atoms with Crippen molar-refractivity contribution in [2.75, 3.05) is 32.1 Å². The van der Waals surface area contributed by atoms with Crippen molar-refractivity contribution in [1.29, 1.82) is 0 Å². The van der Waals surface area contributed by atoms with Crippen molar-refractivity contribution in [1.82, 2.24) is 25.5 Å². The Kier molecular flexibility index (Phi) is 7.94. The van der Waals surface area contributed by atoms with E-state index in [9.17, 15) is 0 Å². The zero-order valence-electron chi connectivity index (χ0n) is 10.6. The number of nitrogens with one attached hydrogen (secondary N) is 1. The van der Waals surface area contributed by atoms with E-state index in [0.29, 0.717) is 0 Å². The van der Waals surface area contributed by atoms with E-state index in [0.717, 1.165) is 50.2 Å². The van der Waals surface area contributed by atoms with Gasteiger partial charge in [0.05, 0.1) is 13.2 Å². The molecule has 0 unspecified atom stereocenters. The van der Waals surface area contributed by atoms with Crippen molar-refractivity contribution in [3.8, 4) is 0 Å². The van der Waals surface area contributed by atoms with E-state index in [4.69, 9.17) is 4.74 Å². The van der Waals surface area contributed by atoms with Crippen molar-refractivity contribution in [3.63, 3.8) is 0 Å². The molecule has 0 saturated carbocycles. The quantitative estimate of drug-likeness (QED) is 0.495. The molecule has 1 rings (SSSR count). The van der Waals surface area contributed by atoms with Crippen molar-refractivity contribution < 1.29 is 4.74 Å². The van der Waals surface area contributed by atoms with Crippen molar-refractivity contribution in [2.45, 2.75) is 32.0 Å². The summed E-state index contributed by atoms with van der Waals surface area (Å²) in [4.78, 5) is 0. The number of thioether (sulfide) groups is 1. The van der Waals surface area contributed by atoms with Crippen LogP contribution in [0.2, 0.25) is 0 Å². The van der Waals surface area contributed by atoms with Crippen molar-refractivity contribution in [2.24, 2.45) is 0 Å². The molecule has 0 radical (unpaired) electrons. The zero-order valence-corrected chi connectivity index (χ0v) is 11.4. The van der Waals surface area contributed by atoms with E-state index in [1.54, 1.807) is 11.8 Å². The lowest BCUT2D eigenvalue weighted by molar-refractivity contribution is 0.151. The summed E-state index contributed by atoms with van der Waals surface area (Å²) in [6.45, 7) is 8.43. The largest absolute Gasteiger partial charge is 0.381 e. The number of hydrogen-bond donors (Lipinski definition) is 1. The first kappa shape index (κ1) is 14.4. The Labute approximate surface area is 106 Å². The summed E-state index contributed by atoms with van der Waals surface area (Å²) in [5.74, 6) is 0.890. The molecular weight excluding hydrogens is 238 g/mol. The van der Waals surface area contributed by atoms with Crippen LogP contribution in [0.25, 0.3) is 0 Å². The molecule has 1 N–H and O–H groups in total. The summed E-state index contributed by atoms with van der Waals surface area (Å²) in [6.07, 6.45) is 1.06. The lowest BCUT2D eigenvalue weighted by atomic mass is 10.5. The molecule has 17 heavy (non-hydrogen) atoms. The molecule has 6 nitrogen and oxygen atoms in total. The minimum absolute atomic E-state index is 0.749. The molecule has 1 aromatic rings. The number of aromatic nitrogens is 4. The second-order valence-electron chi connectivity index (χ2n) is 3.50. The minimum Gasteiger partial charge on any atom is -0.381 e. The third kappa shape index (κ3) is 5.99. The molecule has 0 aromatic carbocycles. The van der Waals surface area contributed by atoms with Crippen LogP contribution in [-0.4, -0.2) is 52.3 Å². The predicted molar refractivity (Wildman–Crippen MR) is 68.2 cm³/mol. The maximum absolute atomic E-state index is 5.41. The average Bonchev–Trinajstić information content (AvgIpc) is 2.77. The third-order valence-corrected chi connectivity index (χ3v) is 2.98. The molecule has 0 saturated heterocycles. The highest BCUT2D eigenvalue weighted by molar-refractivity contribution is 7.99. The summed E-state index contributed by atoms with van der Waals surface area (Å²) < 4.78 is 7.24. The topological polar surface area (TPSA) is 64.9 Å². The summed E-state index contributed by atoms with van der Waals surface area (Å²) in [5.41, 5.74) is 0. The van der Waals surface area contributed by atoms with Gasteiger partial charge in [-0.3, -0.25) is 0 Å². The fourth-order valence-electron chi connectivity index (χ4n) is 1.24. The normalized spacial score (nSPS) is 10.9. The number of hydrogen-bond acceptors (Lipinski definition) is 6. The molecule has 0 aliphatic carbocycles. The summed E-state index contributed by atoms with van der Waals surface area (Å²) in [5, 5.41) is 15.8.